The van der Waals surface area contributed by atoms with Crippen LogP contribution in [0.3, 0.4) is 0 Å². The van der Waals surface area contributed by atoms with Gasteiger partial charge in [-0.3, -0.25) is 4.90 Å². The Morgan fingerprint density at radius 1 is 1.50 bits per heavy atom. The van der Waals surface area contributed by atoms with E-state index in [-0.39, 0.29) is 12.2 Å². The second-order valence-corrected chi connectivity index (χ2v) is 3.54. The number of carbonyl (C=O) groups excluding carboxylic acids is 1. The molecule has 0 bridgehead atoms. The maximum Gasteiger partial charge on any atom is 0.414 e. The smallest absolute Gasteiger partial charge is 0.414 e. The van der Waals surface area contributed by atoms with Crippen molar-refractivity contribution in [1.82, 2.24) is 0 Å². The molecule has 4 heteroatoms. The van der Waals surface area contributed by atoms with Crippen LogP contribution in [-0.4, -0.2) is 25.3 Å². The lowest BCUT2D eigenvalue weighted by atomic mass is 10.2. The van der Waals surface area contributed by atoms with Crippen LogP contribution in [0.2, 0.25) is 0 Å². The predicted octanol–water partition coefficient (Wildman–Crippen LogP) is 0.952. The molecular weight excluding hydrogens is 204 g/mol. The first-order chi connectivity index (χ1) is 7.74. The van der Waals surface area contributed by atoms with Crippen LogP contribution in [-0.2, 0) is 4.74 Å². The summed E-state index contributed by atoms with van der Waals surface area (Å²) in [7, 11) is 0. The van der Waals surface area contributed by atoms with Crippen LogP contribution in [0.4, 0.5) is 10.5 Å². The van der Waals surface area contributed by atoms with Crippen LogP contribution in [0.15, 0.2) is 24.3 Å². The Hall–Kier alpha value is -1.99. The highest BCUT2D eigenvalue weighted by molar-refractivity contribution is 5.89. The van der Waals surface area contributed by atoms with E-state index in [4.69, 9.17) is 16.9 Å². The topological polar surface area (TPSA) is 55.6 Å². The van der Waals surface area contributed by atoms with Gasteiger partial charge in [0.15, 0.2) is 0 Å². The lowest BCUT2D eigenvalue weighted by molar-refractivity contribution is 0.145. The van der Waals surface area contributed by atoms with E-state index >= 15 is 0 Å². The van der Waals surface area contributed by atoms with E-state index in [1.54, 1.807) is 29.2 Å². The maximum atomic E-state index is 11.5. The molecule has 1 aromatic carbocycles. The van der Waals surface area contributed by atoms with Crippen LogP contribution >= 0.6 is 0 Å². The summed E-state index contributed by atoms with van der Waals surface area (Å²) in [4.78, 5) is 13.1. The predicted molar refractivity (Wildman–Crippen MR) is 61.0 cm³/mol. The number of ether oxygens (including phenoxy) is 1. The zero-order valence-corrected chi connectivity index (χ0v) is 8.72. The highest BCUT2D eigenvalue weighted by Gasteiger charge is 2.31. The molecule has 1 amide bonds. The molecule has 1 aliphatic rings. The van der Waals surface area contributed by atoms with Gasteiger partial charge in [-0.1, -0.05) is 5.92 Å². The average Bonchev–Trinajstić information content (AvgIpc) is 2.71. The average molecular weight is 216 g/mol. The Morgan fingerprint density at radius 3 is 2.69 bits per heavy atom. The van der Waals surface area contributed by atoms with Gasteiger partial charge < -0.3 is 10.5 Å². The number of terminal acetylenes is 1. The van der Waals surface area contributed by atoms with Crippen molar-refractivity contribution in [2.45, 2.75) is 6.10 Å². The highest BCUT2D eigenvalue weighted by atomic mass is 16.6. The van der Waals surface area contributed by atoms with Crippen molar-refractivity contribution in [3.05, 3.63) is 29.8 Å². The van der Waals surface area contributed by atoms with Gasteiger partial charge in [0.05, 0.1) is 6.54 Å². The van der Waals surface area contributed by atoms with E-state index in [9.17, 15) is 4.79 Å². The Kier molecular flexibility index (Phi) is 2.80. The quantitative estimate of drug-likeness (QED) is 0.749. The summed E-state index contributed by atoms with van der Waals surface area (Å²) in [6.45, 7) is 0.829. The third-order valence-electron chi connectivity index (χ3n) is 2.48. The van der Waals surface area contributed by atoms with Crippen LogP contribution in [0.25, 0.3) is 0 Å². The van der Waals surface area contributed by atoms with E-state index in [0.29, 0.717) is 13.1 Å². The fourth-order valence-corrected chi connectivity index (χ4v) is 1.59. The normalized spacial score (nSPS) is 19.4. The number of hydrogen-bond donors (Lipinski definition) is 1. The number of hydrogen-bond acceptors (Lipinski definition) is 3. The molecule has 0 aliphatic carbocycles. The molecular formula is C12H12N2O2. The van der Waals surface area contributed by atoms with Crippen molar-refractivity contribution in [3.8, 4) is 12.3 Å². The van der Waals surface area contributed by atoms with E-state index < -0.39 is 0 Å². The van der Waals surface area contributed by atoms with E-state index in [0.717, 1.165) is 11.3 Å². The summed E-state index contributed by atoms with van der Waals surface area (Å²) >= 11 is 0. The molecule has 0 aromatic heterocycles. The molecule has 2 rings (SSSR count). The lowest BCUT2D eigenvalue weighted by Crippen LogP contribution is -2.27. The number of anilines is 1. The molecule has 1 fully saturated rings. The third kappa shape index (κ3) is 1.86. The summed E-state index contributed by atoms with van der Waals surface area (Å²) in [6, 6.07) is 7.18. The lowest BCUT2D eigenvalue weighted by Gasteiger charge is -2.12. The van der Waals surface area contributed by atoms with Gasteiger partial charge in [0.1, 0.15) is 6.10 Å². The molecule has 0 unspecified atom stereocenters. The second kappa shape index (κ2) is 4.25. The molecule has 1 atom stereocenters. The second-order valence-electron chi connectivity index (χ2n) is 3.54. The molecule has 2 N–H and O–H groups in total. The zero-order chi connectivity index (χ0) is 11.5. The van der Waals surface area contributed by atoms with Crippen LogP contribution in [0.1, 0.15) is 5.56 Å². The molecule has 0 spiro atoms. The maximum absolute atomic E-state index is 11.5. The van der Waals surface area contributed by atoms with Gasteiger partial charge >= 0.3 is 6.09 Å². The monoisotopic (exact) mass is 216 g/mol. The van der Waals surface area contributed by atoms with Crippen molar-refractivity contribution >= 4 is 11.8 Å². The van der Waals surface area contributed by atoms with Crippen molar-refractivity contribution < 1.29 is 9.53 Å². The molecule has 1 aromatic rings. The number of rotatable bonds is 2. The first kappa shape index (κ1) is 10.5. The van der Waals surface area contributed by atoms with Gasteiger partial charge in [-0.25, -0.2) is 4.79 Å². The van der Waals surface area contributed by atoms with Gasteiger partial charge in [-0.2, -0.15) is 0 Å². The zero-order valence-electron chi connectivity index (χ0n) is 8.72. The fraction of sp³-hybridized carbons (Fsp3) is 0.250. The van der Waals surface area contributed by atoms with Crippen molar-refractivity contribution in [1.29, 1.82) is 0 Å². The molecule has 82 valence electrons. The van der Waals surface area contributed by atoms with Crippen LogP contribution in [0.5, 0.6) is 0 Å². The standard InChI is InChI=1S/C12H12N2O2/c1-2-9-3-5-10(6-4-9)14-8-11(7-13)16-12(14)15/h1,3-6,11H,7-8,13H2/t11-/m0/s1. The summed E-state index contributed by atoms with van der Waals surface area (Å²) in [5.41, 5.74) is 7.01. The van der Waals surface area contributed by atoms with Gasteiger partial charge in [0.2, 0.25) is 0 Å². The minimum absolute atomic E-state index is 0.222. The Bertz CT molecular complexity index is 433. The van der Waals surface area contributed by atoms with Crippen molar-refractivity contribution in [3.63, 3.8) is 0 Å². The van der Waals surface area contributed by atoms with Gasteiger partial charge in [-0.05, 0) is 24.3 Å². The summed E-state index contributed by atoms with van der Waals surface area (Å²) in [5.74, 6) is 2.52. The Morgan fingerprint density at radius 2 is 2.19 bits per heavy atom. The van der Waals surface area contributed by atoms with Crippen LogP contribution in [0, 0.1) is 12.3 Å². The molecule has 0 saturated carbocycles. The summed E-state index contributed by atoms with van der Waals surface area (Å²) < 4.78 is 5.06. The number of nitrogens with zero attached hydrogens (tertiary/aromatic N) is 1. The Balaban J connectivity index is 2.19. The Labute approximate surface area is 94.0 Å². The highest BCUT2D eigenvalue weighted by Crippen LogP contribution is 2.21. The van der Waals surface area contributed by atoms with Gasteiger partial charge in [0, 0.05) is 17.8 Å². The van der Waals surface area contributed by atoms with Crippen molar-refractivity contribution in [2.24, 2.45) is 5.73 Å². The van der Waals surface area contributed by atoms with E-state index in [2.05, 4.69) is 5.92 Å². The first-order valence-corrected chi connectivity index (χ1v) is 4.99. The molecule has 0 radical (unpaired) electrons. The molecule has 1 heterocycles. The number of amides is 1. The van der Waals surface area contributed by atoms with Crippen LogP contribution < -0.4 is 10.6 Å². The van der Waals surface area contributed by atoms with Crippen molar-refractivity contribution in [2.75, 3.05) is 18.0 Å². The third-order valence-corrected chi connectivity index (χ3v) is 2.48. The van der Waals surface area contributed by atoms with E-state index in [1.165, 1.54) is 0 Å². The molecule has 1 saturated heterocycles. The SMILES string of the molecule is C#Cc1ccc(N2C[C@H](CN)OC2=O)cc1. The summed E-state index contributed by atoms with van der Waals surface area (Å²) in [6.07, 6.45) is 4.67. The minimum Gasteiger partial charge on any atom is -0.443 e. The fourth-order valence-electron chi connectivity index (χ4n) is 1.59. The van der Waals surface area contributed by atoms with Gasteiger partial charge in [-0.15, -0.1) is 6.42 Å². The minimum atomic E-state index is -0.357. The number of benzene rings is 1. The first-order valence-electron chi connectivity index (χ1n) is 4.99. The largest absolute Gasteiger partial charge is 0.443 e. The number of carbonyl (C=O) groups is 1. The number of nitrogens with two attached hydrogens (primary N) is 1. The van der Waals surface area contributed by atoms with Gasteiger partial charge in [0.25, 0.3) is 0 Å². The van der Waals surface area contributed by atoms with E-state index in [1.807, 2.05) is 0 Å². The summed E-state index contributed by atoms with van der Waals surface area (Å²) in [5, 5.41) is 0. The number of cyclic esters (lactones) is 1. The molecule has 4 nitrogen and oxygen atoms in total. The molecule has 16 heavy (non-hydrogen) atoms. The molecule has 1 aliphatic heterocycles.